The molecule has 0 amide bonds. The van der Waals surface area contributed by atoms with Crippen molar-refractivity contribution >= 4 is 5.97 Å². The highest BCUT2D eigenvalue weighted by atomic mass is 19.1. The predicted octanol–water partition coefficient (Wildman–Crippen LogP) is 3.57. The Morgan fingerprint density at radius 3 is 2.71 bits per heavy atom. The molecule has 1 heterocycles. The van der Waals surface area contributed by atoms with Gasteiger partial charge in [0.1, 0.15) is 17.3 Å². The summed E-state index contributed by atoms with van der Waals surface area (Å²) in [5, 5.41) is 3.89. The highest BCUT2D eigenvalue weighted by Gasteiger charge is 2.15. The van der Waals surface area contributed by atoms with Crippen molar-refractivity contribution in [2.45, 2.75) is 19.4 Å². The second-order valence-electron chi connectivity index (χ2n) is 5.83. The minimum atomic E-state index is -0.481. The molecule has 2 aromatic carbocycles. The SMILES string of the molecule is COc1ccc(-c2noc(COC(=O)CCc3ccccc3F)n2)c(OC)c1. The van der Waals surface area contributed by atoms with Crippen molar-refractivity contribution in [3.8, 4) is 22.9 Å². The number of aromatic nitrogens is 2. The van der Waals surface area contributed by atoms with Gasteiger partial charge in [-0.2, -0.15) is 4.98 Å². The number of nitrogens with zero attached hydrogens (tertiary/aromatic N) is 2. The fourth-order valence-corrected chi connectivity index (χ4v) is 2.56. The van der Waals surface area contributed by atoms with E-state index in [-0.39, 0.29) is 31.2 Å². The number of methoxy groups -OCH3 is 2. The van der Waals surface area contributed by atoms with Crippen molar-refractivity contribution in [2.24, 2.45) is 0 Å². The third kappa shape index (κ3) is 4.64. The number of benzene rings is 2. The van der Waals surface area contributed by atoms with Crippen LogP contribution in [0.4, 0.5) is 4.39 Å². The first-order valence-corrected chi connectivity index (χ1v) is 8.54. The van der Waals surface area contributed by atoms with Crippen LogP contribution in [0.5, 0.6) is 11.5 Å². The predicted molar refractivity (Wildman–Crippen MR) is 97.4 cm³/mol. The van der Waals surface area contributed by atoms with Gasteiger partial charge in [-0.05, 0) is 30.2 Å². The third-order valence-corrected chi connectivity index (χ3v) is 4.03. The van der Waals surface area contributed by atoms with E-state index in [0.29, 0.717) is 28.5 Å². The van der Waals surface area contributed by atoms with E-state index in [1.807, 2.05) is 0 Å². The summed E-state index contributed by atoms with van der Waals surface area (Å²) in [4.78, 5) is 16.1. The van der Waals surface area contributed by atoms with Crippen molar-refractivity contribution in [3.63, 3.8) is 0 Å². The lowest BCUT2D eigenvalue weighted by atomic mass is 10.1. The molecule has 0 saturated carbocycles. The smallest absolute Gasteiger partial charge is 0.306 e. The van der Waals surface area contributed by atoms with E-state index in [4.69, 9.17) is 18.7 Å². The molecule has 0 bridgehead atoms. The molecule has 0 aliphatic rings. The molecule has 0 fully saturated rings. The standard InChI is InChI=1S/C20H19FN2O5/c1-25-14-8-9-15(17(11-14)26-2)20-22-18(28-23-20)12-27-19(24)10-7-13-5-3-4-6-16(13)21/h3-6,8-9,11H,7,10,12H2,1-2H3. The van der Waals surface area contributed by atoms with Crippen molar-refractivity contribution in [1.29, 1.82) is 0 Å². The molecule has 8 heteroatoms. The summed E-state index contributed by atoms with van der Waals surface area (Å²) >= 11 is 0. The third-order valence-electron chi connectivity index (χ3n) is 4.03. The van der Waals surface area contributed by atoms with Gasteiger partial charge >= 0.3 is 5.97 Å². The van der Waals surface area contributed by atoms with E-state index in [9.17, 15) is 9.18 Å². The monoisotopic (exact) mass is 386 g/mol. The van der Waals surface area contributed by atoms with Gasteiger partial charge in [0.25, 0.3) is 5.89 Å². The molecule has 0 aliphatic carbocycles. The Morgan fingerprint density at radius 2 is 1.96 bits per heavy atom. The van der Waals surface area contributed by atoms with E-state index in [2.05, 4.69) is 10.1 Å². The molecular formula is C20H19FN2O5. The average molecular weight is 386 g/mol. The molecule has 7 nitrogen and oxygen atoms in total. The number of hydrogen-bond acceptors (Lipinski definition) is 7. The summed E-state index contributed by atoms with van der Waals surface area (Å²) in [6.07, 6.45) is 0.303. The van der Waals surface area contributed by atoms with Crippen LogP contribution < -0.4 is 9.47 Å². The highest BCUT2D eigenvalue weighted by molar-refractivity contribution is 5.69. The zero-order valence-electron chi connectivity index (χ0n) is 15.5. The lowest BCUT2D eigenvalue weighted by Gasteiger charge is -2.07. The van der Waals surface area contributed by atoms with Crippen LogP contribution in [-0.2, 0) is 22.6 Å². The van der Waals surface area contributed by atoms with E-state index in [0.717, 1.165) is 0 Å². The largest absolute Gasteiger partial charge is 0.497 e. The molecule has 0 radical (unpaired) electrons. The van der Waals surface area contributed by atoms with Crippen molar-refractivity contribution < 1.29 is 27.9 Å². The zero-order valence-corrected chi connectivity index (χ0v) is 15.5. The summed E-state index contributed by atoms with van der Waals surface area (Å²) in [7, 11) is 3.08. The van der Waals surface area contributed by atoms with E-state index >= 15 is 0 Å². The Kier molecular flexibility index (Phi) is 6.21. The minimum Gasteiger partial charge on any atom is -0.497 e. The summed E-state index contributed by atoms with van der Waals surface area (Å²) in [5.41, 5.74) is 1.08. The summed E-state index contributed by atoms with van der Waals surface area (Å²) in [6.45, 7) is -0.165. The topological polar surface area (TPSA) is 83.7 Å². The van der Waals surface area contributed by atoms with Gasteiger partial charge in [0, 0.05) is 12.5 Å². The molecule has 28 heavy (non-hydrogen) atoms. The van der Waals surface area contributed by atoms with Gasteiger partial charge in [-0.1, -0.05) is 23.4 Å². The maximum Gasteiger partial charge on any atom is 0.306 e. The number of esters is 1. The lowest BCUT2D eigenvalue weighted by molar-refractivity contribution is -0.145. The molecule has 0 saturated heterocycles. The number of rotatable bonds is 8. The number of aryl methyl sites for hydroxylation is 1. The second kappa shape index (κ2) is 8.98. The molecule has 0 unspecified atom stereocenters. The van der Waals surface area contributed by atoms with Gasteiger partial charge in [0.2, 0.25) is 5.82 Å². The van der Waals surface area contributed by atoms with Gasteiger partial charge in [0.15, 0.2) is 6.61 Å². The van der Waals surface area contributed by atoms with Gasteiger partial charge in [0.05, 0.1) is 19.8 Å². The van der Waals surface area contributed by atoms with Crippen LogP contribution >= 0.6 is 0 Å². The molecule has 0 atom stereocenters. The normalized spacial score (nSPS) is 10.5. The quantitative estimate of drug-likeness (QED) is 0.547. The van der Waals surface area contributed by atoms with Gasteiger partial charge in [-0.3, -0.25) is 4.79 Å². The average Bonchev–Trinajstić information content (AvgIpc) is 3.20. The number of ether oxygens (including phenoxy) is 3. The molecule has 0 aliphatic heterocycles. The van der Waals surface area contributed by atoms with Crippen LogP contribution in [0.15, 0.2) is 47.0 Å². The number of hydrogen-bond donors (Lipinski definition) is 0. The summed E-state index contributed by atoms with van der Waals surface area (Å²) in [5.74, 6) is 0.779. The Hall–Kier alpha value is -3.42. The molecule has 0 N–H and O–H groups in total. The van der Waals surface area contributed by atoms with E-state index < -0.39 is 5.97 Å². The van der Waals surface area contributed by atoms with E-state index in [1.165, 1.54) is 13.2 Å². The van der Waals surface area contributed by atoms with Gasteiger partial charge in [-0.25, -0.2) is 4.39 Å². The molecular weight excluding hydrogens is 367 g/mol. The maximum absolute atomic E-state index is 13.6. The van der Waals surface area contributed by atoms with Crippen LogP contribution in [0.2, 0.25) is 0 Å². The van der Waals surface area contributed by atoms with Crippen LogP contribution in [0, 0.1) is 5.82 Å². The molecule has 146 valence electrons. The Balaban J connectivity index is 1.58. The highest BCUT2D eigenvalue weighted by Crippen LogP contribution is 2.31. The van der Waals surface area contributed by atoms with Crippen LogP contribution in [-0.4, -0.2) is 30.3 Å². The first kappa shape index (κ1) is 19.3. The fraction of sp³-hybridized carbons (Fsp3) is 0.250. The molecule has 3 rings (SSSR count). The van der Waals surface area contributed by atoms with Crippen LogP contribution in [0.3, 0.4) is 0 Å². The number of carbonyl (C=O) groups excluding carboxylic acids is 1. The minimum absolute atomic E-state index is 0.0498. The van der Waals surface area contributed by atoms with Crippen molar-refractivity contribution in [2.75, 3.05) is 14.2 Å². The van der Waals surface area contributed by atoms with Crippen molar-refractivity contribution in [3.05, 3.63) is 59.7 Å². The Morgan fingerprint density at radius 1 is 1.14 bits per heavy atom. The Labute approximate surface area is 161 Å². The Bertz CT molecular complexity index is 957. The number of halogens is 1. The second-order valence-corrected chi connectivity index (χ2v) is 5.83. The first-order chi connectivity index (χ1) is 13.6. The maximum atomic E-state index is 13.6. The fourth-order valence-electron chi connectivity index (χ4n) is 2.56. The van der Waals surface area contributed by atoms with Crippen molar-refractivity contribution in [1.82, 2.24) is 10.1 Å². The molecule has 1 aromatic heterocycles. The van der Waals surface area contributed by atoms with Gasteiger partial charge < -0.3 is 18.7 Å². The van der Waals surface area contributed by atoms with Crippen LogP contribution in [0.25, 0.3) is 11.4 Å². The molecule has 3 aromatic rings. The van der Waals surface area contributed by atoms with Gasteiger partial charge in [-0.15, -0.1) is 0 Å². The van der Waals surface area contributed by atoms with Crippen LogP contribution in [0.1, 0.15) is 17.9 Å². The molecule has 0 spiro atoms. The van der Waals surface area contributed by atoms with E-state index in [1.54, 1.807) is 43.5 Å². The summed E-state index contributed by atoms with van der Waals surface area (Å²) in [6, 6.07) is 11.5. The number of carbonyl (C=O) groups is 1. The first-order valence-electron chi connectivity index (χ1n) is 8.54. The lowest BCUT2D eigenvalue weighted by Crippen LogP contribution is -2.06. The zero-order chi connectivity index (χ0) is 19.9. The summed E-state index contributed by atoms with van der Waals surface area (Å²) < 4.78 is 34.3.